The maximum absolute atomic E-state index is 10.7. The maximum atomic E-state index is 10.7. The van der Waals surface area contributed by atoms with E-state index < -0.39 is 0 Å². The Bertz CT molecular complexity index is 414. The first-order valence-corrected chi connectivity index (χ1v) is 6.61. The van der Waals surface area contributed by atoms with E-state index in [-0.39, 0.29) is 5.92 Å². The van der Waals surface area contributed by atoms with Crippen molar-refractivity contribution in [1.82, 2.24) is 4.90 Å². The van der Waals surface area contributed by atoms with Crippen LogP contribution in [0, 0.1) is 5.92 Å². The van der Waals surface area contributed by atoms with Gasteiger partial charge in [-0.1, -0.05) is 11.6 Å². The Balaban J connectivity index is 2.01. The van der Waals surface area contributed by atoms with Gasteiger partial charge in [0.25, 0.3) is 0 Å². The summed E-state index contributed by atoms with van der Waals surface area (Å²) in [5.41, 5.74) is 1.11. The highest BCUT2D eigenvalue weighted by Gasteiger charge is 2.19. The SMILES string of the molecule is COc1ccc(Cl)cc1CN1CCC(C=O)CC1. The van der Waals surface area contributed by atoms with Gasteiger partial charge in [-0.3, -0.25) is 4.90 Å². The van der Waals surface area contributed by atoms with E-state index in [9.17, 15) is 4.79 Å². The molecule has 0 radical (unpaired) electrons. The first-order valence-electron chi connectivity index (χ1n) is 6.23. The molecule has 0 amide bonds. The number of ether oxygens (including phenoxy) is 1. The van der Waals surface area contributed by atoms with E-state index in [1.165, 1.54) is 0 Å². The van der Waals surface area contributed by atoms with Crippen LogP contribution < -0.4 is 4.74 Å². The highest BCUT2D eigenvalue weighted by Crippen LogP contribution is 2.25. The molecule has 1 fully saturated rings. The topological polar surface area (TPSA) is 29.5 Å². The molecule has 0 aliphatic carbocycles. The standard InChI is InChI=1S/C14H18ClNO2/c1-18-14-3-2-13(15)8-12(14)9-16-6-4-11(10-17)5-7-16/h2-3,8,10-11H,4-7,9H2,1H3. The van der Waals surface area contributed by atoms with E-state index in [0.717, 1.165) is 55.1 Å². The summed E-state index contributed by atoms with van der Waals surface area (Å²) in [5, 5.41) is 0.730. The van der Waals surface area contributed by atoms with Crippen LogP contribution in [0.4, 0.5) is 0 Å². The Morgan fingerprint density at radius 1 is 1.44 bits per heavy atom. The second-order valence-electron chi connectivity index (χ2n) is 4.71. The number of likely N-dealkylation sites (tertiary alicyclic amines) is 1. The zero-order chi connectivity index (χ0) is 13.0. The molecule has 0 unspecified atom stereocenters. The van der Waals surface area contributed by atoms with Crippen LogP contribution in [0.15, 0.2) is 18.2 Å². The van der Waals surface area contributed by atoms with Crippen LogP contribution in [0.1, 0.15) is 18.4 Å². The molecule has 0 aromatic heterocycles. The fraction of sp³-hybridized carbons (Fsp3) is 0.500. The maximum Gasteiger partial charge on any atom is 0.123 e. The van der Waals surface area contributed by atoms with Crippen molar-refractivity contribution in [1.29, 1.82) is 0 Å². The summed E-state index contributed by atoms with van der Waals surface area (Å²) in [7, 11) is 1.67. The minimum Gasteiger partial charge on any atom is -0.496 e. The van der Waals surface area contributed by atoms with Gasteiger partial charge in [-0.2, -0.15) is 0 Å². The average molecular weight is 268 g/mol. The normalized spacial score (nSPS) is 17.7. The lowest BCUT2D eigenvalue weighted by Crippen LogP contribution is -2.33. The van der Waals surface area contributed by atoms with Gasteiger partial charge in [0.2, 0.25) is 0 Å². The van der Waals surface area contributed by atoms with Crippen molar-refractivity contribution in [2.75, 3.05) is 20.2 Å². The van der Waals surface area contributed by atoms with Crippen LogP contribution >= 0.6 is 11.6 Å². The highest BCUT2D eigenvalue weighted by molar-refractivity contribution is 6.30. The van der Waals surface area contributed by atoms with Crippen molar-refractivity contribution in [3.8, 4) is 5.75 Å². The lowest BCUT2D eigenvalue weighted by atomic mass is 9.98. The van der Waals surface area contributed by atoms with Gasteiger partial charge in [-0.15, -0.1) is 0 Å². The molecule has 0 atom stereocenters. The zero-order valence-corrected chi connectivity index (χ0v) is 11.3. The Labute approximate surface area is 113 Å². The van der Waals surface area contributed by atoms with Crippen LogP contribution in [0.3, 0.4) is 0 Å². The number of hydrogen-bond donors (Lipinski definition) is 0. The van der Waals surface area contributed by atoms with Crippen LogP contribution in [0.25, 0.3) is 0 Å². The number of benzene rings is 1. The minimum atomic E-state index is 0.238. The third-order valence-electron chi connectivity index (χ3n) is 3.46. The van der Waals surface area contributed by atoms with E-state index in [1.54, 1.807) is 7.11 Å². The van der Waals surface area contributed by atoms with Crippen LogP contribution in [0.5, 0.6) is 5.75 Å². The number of nitrogens with zero attached hydrogens (tertiary/aromatic N) is 1. The van der Waals surface area contributed by atoms with Gasteiger partial charge in [0.1, 0.15) is 12.0 Å². The Morgan fingerprint density at radius 2 is 2.17 bits per heavy atom. The molecule has 1 saturated heterocycles. The van der Waals surface area contributed by atoms with Gasteiger partial charge in [0.15, 0.2) is 0 Å². The van der Waals surface area contributed by atoms with Crippen LogP contribution in [-0.4, -0.2) is 31.4 Å². The molecule has 1 aliphatic heterocycles. The molecule has 2 rings (SSSR count). The summed E-state index contributed by atoms with van der Waals surface area (Å²) in [5.74, 6) is 1.11. The Morgan fingerprint density at radius 3 is 2.78 bits per heavy atom. The summed E-state index contributed by atoms with van der Waals surface area (Å²) >= 11 is 6.02. The summed E-state index contributed by atoms with van der Waals surface area (Å²) in [6, 6.07) is 5.69. The molecular formula is C14H18ClNO2. The number of aldehydes is 1. The number of methoxy groups -OCH3 is 1. The molecule has 1 aromatic rings. The van der Waals surface area contributed by atoms with Crippen molar-refractivity contribution in [3.63, 3.8) is 0 Å². The van der Waals surface area contributed by atoms with E-state index in [0.29, 0.717) is 0 Å². The fourth-order valence-corrected chi connectivity index (χ4v) is 2.55. The van der Waals surface area contributed by atoms with Gasteiger partial charge < -0.3 is 9.53 Å². The molecule has 3 nitrogen and oxygen atoms in total. The molecule has 98 valence electrons. The van der Waals surface area contributed by atoms with Crippen molar-refractivity contribution < 1.29 is 9.53 Å². The molecular weight excluding hydrogens is 250 g/mol. The first-order chi connectivity index (χ1) is 8.72. The quantitative estimate of drug-likeness (QED) is 0.786. The van der Waals surface area contributed by atoms with Crippen LogP contribution in [0.2, 0.25) is 5.02 Å². The van der Waals surface area contributed by atoms with E-state index in [4.69, 9.17) is 16.3 Å². The molecule has 0 saturated carbocycles. The van der Waals surface area contributed by atoms with Gasteiger partial charge in [-0.25, -0.2) is 0 Å². The predicted molar refractivity (Wildman–Crippen MR) is 72.1 cm³/mol. The van der Waals surface area contributed by atoms with Crippen molar-refractivity contribution >= 4 is 17.9 Å². The minimum absolute atomic E-state index is 0.238. The lowest BCUT2D eigenvalue weighted by Gasteiger charge is -2.29. The molecule has 1 aromatic carbocycles. The number of carbonyl (C=O) groups excluding carboxylic acids is 1. The average Bonchev–Trinajstić information content (AvgIpc) is 2.40. The third-order valence-corrected chi connectivity index (χ3v) is 3.70. The zero-order valence-electron chi connectivity index (χ0n) is 10.6. The first kappa shape index (κ1) is 13.4. The fourth-order valence-electron chi connectivity index (χ4n) is 2.36. The molecule has 0 spiro atoms. The summed E-state index contributed by atoms with van der Waals surface area (Å²) in [6.45, 7) is 2.74. The molecule has 18 heavy (non-hydrogen) atoms. The molecule has 4 heteroatoms. The summed E-state index contributed by atoms with van der Waals surface area (Å²) in [6.07, 6.45) is 2.98. The van der Waals surface area contributed by atoms with Crippen LogP contribution in [-0.2, 0) is 11.3 Å². The lowest BCUT2D eigenvalue weighted by molar-refractivity contribution is -0.112. The number of halogens is 1. The van der Waals surface area contributed by atoms with Gasteiger partial charge in [-0.05, 0) is 44.1 Å². The highest BCUT2D eigenvalue weighted by atomic mass is 35.5. The van der Waals surface area contributed by atoms with Gasteiger partial charge >= 0.3 is 0 Å². The summed E-state index contributed by atoms with van der Waals surface area (Å²) in [4.78, 5) is 13.1. The van der Waals surface area contributed by atoms with E-state index in [1.807, 2.05) is 18.2 Å². The number of carbonyl (C=O) groups is 1. The van der Waals surface area contributed by atoms with E-state index >= 15 is 0 Å². The van der Waals surface area contributed by atoms with Gasteiger partial charge in [0, 0.05) is 23.0 Å². The summed E-state index contributed by atoms with van der Waals surface area (Å²) < 4.78 is 5.34. The van der Waals surface area contributed by atoms with Crippen molar-refractivity contribution in [2.45, 2.75) is 19.4 Å². The van der Waals surface area contributed by atoms with Crippen molar-refractivity contribution in [3.05, 3.63) is 28.8 Å². The molecule has 0 N–H and O–H groups in total. The smallest absolute Gasteiger partial charge is 0.123 e. The largest absolute Gasteiger partial charge is 0.496 e. The Hall–Kier alpha value is -1.06. The van der Waals surface area contributed by atoms with Gasteiger partial charge in [0.05, 0.1) is 7.11 Å². The third kappa shape index (κ3) is 3.24. The second-order valence-corrected chi connectivity index (χ2v) is 5.14. The second kappa shape index (κ2) is 6.21. The predicted octanol–water partition coefficient (Wildman–Crippen LogP) is 2.76. The monoisotopic (exact) mass is 267 g/mol. The number of hydrogen-bond acceptors (Lipinski definition) is 3. The molecule has 1 aliphatic rings. The molecule has 0 bridgehead atoms. The Kier molecular flexibility index (Phi) is 4.61. The van der Waals surface area contributed by atoms with Crippen molar-refractivity contribution in [2.24, 2.45) is 5.92 Å². The number of piperidine rings is 1. The van der Waals surface area contributed by atoms with E-state index in [2.05, 4.69) is 4.90 Å². The number of rotatable bonds is 4. The molecule has 1 heterocycles.